The molecule has 0 radical (unpaired) electrons. The van der Waals surface area contributed by atoms with E-state index in [4.69, 9.17) is 21.1 Å². The summed E-state index contributed by atoms with van der Waals surface area (Å²) < 4.78 is 10.9. The van der Waals surface area contributed by atoms with Crippen LogP contribution in [0.25, 0.3) is 0 Å². The van der Waals surface area contributed by atoms with Gasteiger partial charge in [0.25, 0.3) is 0 Å². The van der Waals surface area contributed by atoms with Crippen LogP contribution in [0.2, 0.25) is 0 Å². The Morgan fingerprint density at radius 3 is 2.50 bits per heavy atom. The quantitative estimate of drug-likeness (QED) is 0.297. The number of ether oxygens (including phenoxy) is 2. The fraction of sp³-hybridized carbons (Fsp3) is 0.722. The highest BCUT2D eigenvalue weighted by Crippen LogP contribution is 2.20. The van der Waals surface area contributed by atoms with Crippen molar-refractivity contribution in [3.63, 3.8) is 0 Å². The van der Waals surface area contributed by atoms with Gasteiger partial charge in [-0.3, -0.25) is 0 Å². The van der Waals surface area contributed by atoms with Gasteiger partial charge in [-0.05, 0) is 52.9 Å². The molecule has 4 heteroatoms. The number of rotatable bonds is 11. The van der Waals surface area contributed by atoms with E-state index in [-0.39, 0.29) is 6.29 Å². The third-order valence-corrected chi connectivity index (χ3v) is 3.83. The molecular weight excluding hydrogens is 298 g/mol. The lowest BCUT2D eigenvalue weighted by molar-refractivity contribution is -0.146. The Hall–Kier alpha value is -0.820. The lowest BCUT2D eigenvalue weighted by atomic mass is 9.95. The molecule has 0 aliphatic heterocycles. The van der Waals surface area contributed by atoms with Crippen molar-refractivity contribution in [1.82, 2.24) is 0 Å². The topological polar surface area (TPSA) is 42.2 Å². The van der Waals surface area contributed by atoms with Crippen molar-refractivity contribution in [2.45, 2.75) is 66.3 Å². The zero-order chi connectivity index (χ0) is 17.0. The summed E-state index contributed by atoms with van der Waals surface area (Å²) in [5.74, 6) is 0.889. The highest BCUT2D eigenvalue weighted by molar-refractivity contribution is 6.18. The van der Waals surface area contributed by atoms with E-state index in [1.165, 1.54) is 11.1 Å². The van der Waals surface area contributed by atoms with E-state index >= 15 is 0 Å². The van der Waals surface area contributed by atoms with Gasteiger partial charge in [-0.2, -0.15) is 5.26 Å². The van der Waals surface area contributed by atoms with E-state index in [1.807, 2.05) is 19.9 Å². The molecule has 0 heterocycles. The third-order valence-electron chi connectivity index (χ3n) is 3.68. The minimum Gasteiger partial charge on any atom is -0.353 e. The number of halogens is 1. The minimum absolute atomic E-state index is 0.316. The van der Waals surface area contributed by atoms with Crippen LogP contribution < -0.4 is 0 Å². The Labute approximate surface area is 140 Å². The fourth-order valence-electron chi connectivity index (χ4n) is 2.11. The zero-order valence-corrected chi connectivity index (χ0v) is 15.3. The molecule has 0 spiro atoms. The zero-order valence-electron chi connectivity index (χ0n) is 14.6. The van der Waals surface area contributed by atoms with Gasteiger partial charge in [0.05, 0.1) is 6.07 Å². The molecular formula is C18H30ClNO2. The van der Waals surface area contributed by atoms with Crippen molar-refractivity contribution < 1.29 is 9.47 Å². The van der Waals surface area contributed by atoms with Gasteiger partial charge in [-0.25, -0.2) is 0 Å². The van der Waals surface area contributed by atoms with E-state index in [9.17, 15) is 5.26 Å². The molecule has 0 rings (SSSR count). The van der Waals surface area contributed by atoms with Crippen molar-refractivity contribution in [2.75, 3.05) is 12.5 Å². The van der Waals surface area contributed by atoms with Crippen LogP contribution in [-0.2, 0) is 9.47 Å². The van der Waals surface area contributed by atoms with Gasteiger partial charge in [-0.1, -0.05) is 30.2 Å². The van der Waals surface area contributed by atoms with Crippen molar-refractivity contribution in [1.29, 1.82) is 5.26 Å². The second-order valence-corrected chi connectivity index (χ2v) is 5.91. The van der Waals surface area contributed by atoms with E-state index in [0.717, 1.165) is 12.8 Å². The summed E-state index contributed by atoms with van der Waals surface area (Å²) in [6.45, 7) is 10.7. The molecule has 22 heavy (non-hydrogen) atoms. The lowest BCUT2D eigenvalue weighted by Gasteiger charge is -2.20. The molecule has 0 amide bonds. The molecule has 0 fully saturated rings. The Kier molecular flexibility index (Phi) is 12.2. The standard InChI is InChI=1S/C18H30ClNO2/c1-6-21-17(5)22-18(13-20)12-16(4)15(3)9-7-8-14(2)10-11-19/h9-10,16-18H,6-8,11-12H2,1-5H3/b14-10+,15-9+/t16-,17?,18?/m1/s1. The summed E-state index contributed by atoms with van der Waals surface area (Å²) in [5, 5.41) is 9.21. The Bertz CT molecular complexity index is 398. The van der Waals surface area contributed by atoms with Crippen molar-refractivity contribution in [3.8, 4) is 6.07 Å². The van der Waals surface area contributed by atoms with Crippen LogP contribution in [0, 0.1) is 17.2 Å². The number of nitrogens with zero attached hydrogens (tertiary/aromatic N) is 1. The second-order valence-electron chi connectivity index (χ2n) is 5.61. The van der Waals surface area contributed by atoms with Gasteiger partial charge >= 0.3 is 0 Å². The summed E-state index contributed by atoms with van der Waals surface area (Å²) in [6, 6.07) is 2.21. The maximum Gasteiger partial charge on any atom is 0.156 e. The Morgan fingerprint density at radius 2 is 1.95 bits per heavy atom. The van der Waals surface area contributed by atoms with Crippen molar-refractivity contribution >= 4 is 11.6 Å². The van der Waals surface area contributed by atoms with E-state index in [1.54, 1.807) is 0 Å². The number of hydrogen-bond donors (Lipinski definition) is 0. The molecule has 126 valence electrons. The minimum atomic E-state index is -0.433. The molecule has 0 aromatic rings. The van der Waals surface area contributed by atoms with Crippen LogP contribution in [0.3, 0.4) is 0 Å². The lowest BCUT2D eigenvalue weighted by Crippen LogP contribution is -2.23. The number of alkyl halides is 1. The first-order chi connectivity index (χ1) is 10.4. The molecule has 3 atom stereocenters. The highest BCUT2D eigenvalue weighted by Gasteiger charge is 2.17. The first-order valence-electron chi connectivity index (χ1n) is 7.99. The molecule has 0 aliphatic rings. The van der Waals surface area contributed by atoms with Gasteiger partial charge in [-0.15, -0.1) is 11.6 Å². The number of allylic oxidation sites excluding steroid dienone is 4. The van der Waals surface area contributed by atoms with Gasteiger partial charge in [0, 0.05) is 12.5 Å². The van der Waals surface area contributed by atoms with Crippen LogP contribution >= 0.6 is 11.6 Å². The van der Waals surface area contributed by atoms with Crippen LogP contribution in [0.5, 0.6) is 0 Å². The fourth-order valence-corrected chi connectivity index (χ4v) is 2.38. The van der Waals surface area contributed by atoms with Gasteiger partial charge in [0.2, 0.25) is 0 Å². The molecule has 3 nitrogen and oxygen atoms in total. The van der Waals surface area contributed by atoms with Crippen LogP contribution in [-0.4, -0.2) is 24.9 Å². The molecule has 0 aromatic carbocycles. The predicted molar refractivity (Wildman–Crippen MR) is 92.8 cm³/mol. The number of hydrogen-bond acceptors (Lipinski definition) is 3. The van der Waals surface area contributed by atoms with Crippen LogP contribution in [0.15, 0.2) is 23.3 Å². The van der Waals surface area contributed by atoms with Gasteiger partial charge in [0.1, 0.15) is 6.10 Å². The van der Waals surface area contributed by atoms with Crippen LogP contribution in [0.1, 0.15) is 53.9 Å². The van der Waals surface area contributed by atoms with E-state index in [0.29, 0.717) is 24.8 Å². The average molecular weight is 328 g/mol. The highest BCUT2D eigenvalue weighted by atomic mass is 35.5. The molecule has 0 N–H and O–H groups in total. The normalized spacial score (nSPS) is 17.0. The van der Waals surface area contributed by atoms with E-state index < -0.39 is 6.10 Å². The van der Waals surface area contributed by atoms with Crippen LogP contribution in [0.4, 0.5) is 0 Å². The average Bonchev–Trinajstić information content (AvgIpc) is 2.46. The summed E-state index contributed by atoms with van der Waals surface area (Å²) in [7, 11) is 0. The van der Waals surface area contributed by atoms with Gasteiger partial charge in [0.15, 0.2) is 6.29 Å². The Morgan fingerprint density at radius 1 is 1.27 bits per heavy atom. The smallest absolute Gasteiger partial charge is 0.156 e. The maximum atomic E-state index is 9.21. The van der Waals surface area contributed by atoms with Gasteiger partial charge < -0.3 is 9.47 Å². The largest absolute Gasteiger partial charge is 0.353 e. The molecule has 2 unspecified atom stereocenters. The monoisotopic (exact) mass is 327 g/mol. The summed E-state index contributed by atoms with van der Waals surface area (Å²) in [5.41, 5.74) is 2.61. The first kappa shape index (κ1) is 21.2. The first-order valence-corrected chi connectivity index (χ1v) is 8.52. The predicted octanol–water partition coefficient (Wildman–Crippen LogP) is 5.22. The summed E-state index contributed by atoms with van der Waals surface area (Å²) in [6.07, 6.45) is 6.23. The number of nitriles is 1. The third kappa shape index (κ3) is 10.00. The van der Waals surface area contributed by atoms with E-state index in [2.05, 4.69) is 32.9 Å². The SMILES string of the molecule is CCOC(C)OC(C#N)C[C@@H](C)/C(C)=C/CC/C(C)=C/CCl. The van der Waals surface area contributed by atoms with Crippen molar-refractivity contribution in [2.24, 2.45) is 5.92 Å². The Balaban J connectivity index is 4.34. The molecule has 0 saturated carbocycles. The molecule has 0 aromatic heterocycles. The summed E-state index contributed by atoms with van der Waals surface area (Å²) >= 11 is 5.68. The van der Waals surface area contributed by atoms with Crippen molar-refractivity contribution in [3.05, 3.63) is 23.3 Å². The second kappa shape index (κ2) is 12.7. The maximum absolute atomic E-state index is 9.21. The molecule has 0 saturated heterocycles. The summed E-state index contributed by atoms with van der Waals surface area (Å²) in [4.78, 5) is 0. The molecule has 0 aliphatic carbocycles. The molecule has 0 bridgehead atoms.